The highest BCUT2D eigenvalue weighted by Crippen LogP contribution is 2.31. The number of nitrogens with zero attached hydrogens (tertiary/aromatic N) is 3. The lowest BCUT2D eigenvalue weighted by molar-refractivity contribution is 0.100. The van der Waals surface area contributed by atoms with Gasteiger partial charge in [-0.25, -0.2) is 9.67 Å². The Hall–Kier alpha value is -2.89. The summed E-state index contributed by atoms with van der Waals surface area (Å²) in [6, 6.07) is 7.03. The fraction of sp³-hybridized carbons (Fsp3) is 0.278. The number of hydrogen-bond acceptors (Lipinski definition) is 4. The summed E-state index contributed by atoms with van der Waals surface area (Å²) < 4.78 is 1.90. The average Bonchev–Trinajstić information content (AvgIpc) is 3.00. The van der Waals surface area contributed by atoms with Crippen LogP contribution in [0.3, 0.4) is 0 Å². The van der Waals surface area contributed by atoms with Crippen LogP contribution in [0.25, 0.3) is 22.2 Å². The summed E-state index contributed by atoms with van der Waals surface area (Å²) in [4.78, 5) is 15.7. The zero-order chi connectivity index (χ0) is 17.1. The van der Waals surface area contributed by atoms with Crippen LogP contribution in [0, 0.1) is 0 Å². The minimum atomic E-state index is -0.448. The van der Waals surface area contributed by atoms with E-state index >= 15 is 0 Å². The van der Waals surface area contributed by atoms with Crippen LogP contribution in [0.15, 0.2) is 36.7 Å². The van der Waals surface area contributed by atoms with Gasteiger partial charge in [0.25, 0.3) is 0 Å². The molecule has 24 heavy (non-hydrogen) atoms. The van der Waals surface area contributed by atoms with Crippen LogP contribution in [0.4, 0.5) is 5.69 Å². The Morgan fingerprint density at radius 1 is 1.17 bits per heavy atom. The zero-order valence-corrected chi connectivity index (χ0v) is 13.7. The van der Waals surface area contributed by atoms with Crippen LogP contribution in [-0.4, -0.2) is 20.7 Å². The summed E-state index contributed by atoms with van der Waals surface area (Å²) in [6.45, 7) is 3.02. The smallest absolute Gasteiger partial charge is 0.248 e. The van der Waals surface area contributed by atoms with Gasteiger partial charge in [0.2, 0.25) is 5.91 Å². The summed E-state index contributed by atoms with van der Waals surface area (Å²) in [7, 11) is 0. The molecule has 4 N–H and O–H groups in total. The summed E-state index contributed by atoms with van der Waals surface area (Å²) >= 11 is 0. The Bertz CT molecular complexity index is 867. The van der Waals surface area contributed by atoms with Gasteiger partial charge in [-0.15, -0.1) is 0 Å². The van der Waals surface area contributed by atoms with E-state index in [0.29, 0.717) is 11.3 Å². The third kappa shape index (κ3) is 2.95. The number of rotatable bonds is 6. The Labute approximate surface area is 140 Å². The number of fused-ring (bicyclic) bond motifs is 1. The monoisotopic (exact) mass is 323 g/mol. The molecule has 0 fully saturated rings. The summed E-state index contributed by atoms with van der Waals surface area (Å²) in [5.41, 5.74) is 15.2. The quantitative estimate of drug-likeness (QED) is 0.681. The first-order chi connectivity index (χ1) is 11.6. The predicted molar refractivity (Wildman–Crippen MR) is 95.4 cm³/mol. The second-order valence-corrected chi connectivity index (χ2v) is 5.84. The largest absolute Gasteiger partial charge is 0.398 e. The Morgan fingerprint density at radius 3 is 2.58 bits per heavy atom. The van der Waals surface area contributed by atoms with Gasteiger partial charge in [0.15, 0.2) is 5.65 Å². The van der Waals surface area contributed by atoms with Crippen LogP contribution in [0.2, 0.25) is 0 Å². The number of pyridine rings is 1. The van der Waals surface area contributed by atoms with Crippen LogP contribution < -0.4 is 11.5 Å². The van der Waals surface area contributed by atoms with Gasteiger partial charge in [0.1, 0.15) is 0 Å². The van der Waals surface area contributed by atoms with Crippen molar-refractivity contribution in [1.82, 2.24) is 14.8 Å². The molecule has 0 aliphatic heterocycles. The number of hydrogen-bond donors (Lipinski definition) is 2. The van der Waals surface area contributed by atoms with E-state index in [1.165, 1.54) is 12.8 Å². The molecule has 3 aromatic rings. The zero-order valence-electron chi connectivity index (χ0n) is 13.7. The highest BCUT2D eigenvalue weighted by atomic mass is 16.1. The number of aromatic nitrogens is 3. The molecular formula is C18H21N5O. The Balaban J connectivity index is 1.95. The molecule has 2 aromatic heterocycles. The van der Waals surface area contributed by atoms with Gasteiger partial charge in [0, 0.05) is 23.9 Å². The number of unbranched alkanes of at least 4 members (excludes halogenated alkanes) is 2. The van der Waals surface area contributed by atoms with Crippen molar-refractivity contribution in [2.75, 3.05) is 5.73 Å². The number of carbonyl (C=O) groups is 1. The van der Waals surface area contributed by atoms with E-state index < -0.39 is 5.91 Å². The number of nitrogens with two attached hydrogens (primary N) is 2. The fourth-order valence-corrected chi connectivity index (χ4v) is 2.76. The molecule has 6 nitrogen and oxygen atoms in total. The number of primary amides is 1. The highest BCUT2D eigenvalue weighted by Gasteiger charge is 2.12. The molecule has 1 amide bonds. The van der Waals surface area contributed by atoms with Crippen LogP contribution in [-0.2, 0) is 6.54 Å². The molecule has 1 aromatic carbocycles. The van der Waals surface area contributed by atoms with E-state index in [2.05, 4.69) is 17.0 Å². The van der Waals surface area contributed by atoms with Crippen molar-refractivity contribution in [2.45, 2.75) is 32.7 Å². The number of nitrogen functional groups attached to an aromatic ring is 1. The summed E-state index contributed by atoms with van der Waals surface area (Å²) in [6.07, 6.45) is 6.94. The van der Waals surface area contributed by atoms with Gasteiger partial charge < -0.3 is 11.5 Å². The second kappa shape index (κ2) is 6.70. The number of benzene rings is 1. The van der Waals surface area contributed by atoms with E-state index in [-0.39, 0.29) is 0 Å². The van der Waals surface area contributed by atoms with Crippen molar-refractivity contribution in [3.05, 3.63) is 42.2 Å². The summed E-state index contributed by atoms with van der Waals surface area (Å²) in [5.74, 6) is -0.448. The maximum absolute atomic E-state index is 11.2. The van der Waals surface area contributed by atoms with Crippen molar-refractivity contribution in [3.8, 4) is 11.1 Å². The van der Waals surface area contributed by atoms with Gasteiger partial charge in [-0.3, -0.25) is 4.79 Å². The van der Waals surface area contributed by atoms with Crippen molar-refractivity contribution < 1.29 is 4.79 Å². The number of anilines is 1. The lowest BCUT2D eigenvalue weighted by Gasteiger charge is -2.08. The van der Waals surface area contributed by atoms with E-state index in [1.807, 2.05) is 16.8 Å². The predicted octanol–water partition coefficient (Wildman–Crippen LogP) is 2.97. The molecule has 6 heteroatoms. The molecule has 0 saturated heterocycles. The third-order valence-corrected chi connectivity index (χ3v) is 4.16. The Kier molecular flexibility index (Phi) is 4.46. The first-order valence-electron chi connectivity index (χ1n) is 8.12. The fourth-order valence-electron chi connectivity index (χ4n) is 2.76. The molecule has 0 bridgehead atoms. The first-order valence-corrected chi connectivity index (χ1v) is 8.12. The molecule has 0 radical (unpaired) electrons. The minimum Gasteiger partial charge on any atom is -0.398 e. The second-order valence-electron chi connectivity index (χ2n) is 5.84. The van der Waals surface area contributed by atoms with Crippen LogP contribution >= 0.6 is 0 Å². The molecule has 2 heterocycles. The lowest BCUT2D eigenvalue weighted by atomic mass is 10.0. The maximum Gasteiger partial charge on any atom is 0.248 e. The standard InChI is InChI=1S/C18H21N5O/c1-2-3-4-9-23-18-15(11-22-23)16(19)14(10-21-18)12-5-7-13(8-6-12)17(20)24/h5-8,10-11H,2-4,9H2,1H3,(H2,19,21)(H2,20,24). The van der Waals surface area contributed by atoms with Gasteiger partial charge in [-0.1, -0.05) is 31.9 Å². The number of amides is 1. The number of aryl methyl sites for hydroxylation is 1. The molecule has 0 aliphatic carbocycles. The van der Waals surface area contributed by atoms with Gasteiger partial charge in [-0.05, 0) is 24.1 Å². The first kappa shape index (κ1) is 16.0. The SMILES string of the molecule is CCCCCn1ncc2c(N)c(-c3ccc(C(N)=O)cc3)cnc21. The van der Waals surface area contributed by atoms with Crippen LogP contribution in [0.5, 0.6) is 0 Å². The van der Waals surface area contributed by atoms with Gasteiger partial charge >= 0.3 is 0 Å². The van der Waals surface area contributed by atoms with Crippen molar-refractivity contribution in [1.29, 1.82) is 0 Å². The molecule has 0 aliphatic rings. The molecule has 0 atom stereocenters. The minimum absolute atomic E-state index is 0.448. The maximum atomic E-state index is 11.2. The highest BCUT2D eigenvalue weighted by molar-refractivity contribution is 5.97. The molecular weight excluding hydrogens is 302 g/mol. The third-order valence-electron chi connectivity index (χ3n) is 4.16. The normalized spacial score (nSPS) is 11.0. The van der Waals surface area contributed by atoms with Crippen molar-refractivity contribution in [3.63, 3.8) is 0 Å². The summed E-state index contributed by atoms with van der Waals surface area (Å²) in [5, 5.41) is 5.26. The van der Waals surface area contributed by atoms with E-state index in [0.717, 1.165) is 35.1 Å². The Morgan fingerprint density at radius 2 is 1.92 bits per heavy atom. The number of carbonyl (C=O) groups excluding carboxylic acids is 1. The van der Waals surface area contributed by atoms with Crippen LogP contribution in [0.1, 0.15) is 36.5 Å². The van der Waals surface area contributed by atoms with E-state index in [9.17, 15) is 4.79 Å². The van der Waals surface area contributed by atoms with Crippen molar-refractivity contribution in [2.24, 2.45) is 5.73 Å². The molecule has 0 saturated carbocycles. The topological polar surface area (TPSA) is 99.8 Å². The molecule has 0 unspecified atom stereocenters. The van der Waals surface area contributed by atoms with E-state index in [1.54, 1.807) is 24.5 Å². The molecule has 0 spiro atoms. The van der Waals surface area contributed by atoms with E-state index in [4.69, 9.17) is 11.5 Å². The van der Waals surface area contributed by atoms with Gasteiger partial charge in [-0.2, -0.15) is 5.10 Å². The molecule has 124 valence electrons. The molecule has 3 rings (SSSR count). The van der Waals surface area contributed by atoms with Crippen molar-refractivity contribution >= 4 is 22.6 Å². The van der Waals surface area contributed by atoms with Gasteiger partial charge in [0.05, 0.1) is 17.3 Å². The lowest BCUT2D eigenvalue weighted by Crippen LogP contribution is -2.10. The average molecular weight is 323 g/mol.